The summed E-state index contributed by atoms with van der Waals surface area (Å²) in [4.78, 5) is 0.386. The Morgan fingerprint density at radius 3 is 2.62 bits per heavy atom. The number of nitrogens with one attached hydrogen (secondary N) is 2. The second-order valence-electron chi connectivity index (χ2n) is 6.09. The highest BCUT2D eigenvalue weighted by atomic mass is 32.2. The molecule has 0 radical (unpaired) electrons. The van der Waals surface area contributed by atoms with Gasteiger partial charge in [-0.25, -0.2) is 13.1 Å². The maximum Gasteiger partial charge on any atom is 0.242 e. The summed E-state index contributed by atoms with van der Waals surface area (Å²) >= 11 is 0. The van der Waals surface area contributed by atoms with Crippen LogP contribution in [-0.2, 0) is 16.6 Å². The number of rotatable bonds is 8. The summed E-state index contributed by atoms with van der Waals surface area (Å²) in [6, 6.07) is 2.17. The van der Waals surface area contributed by atoms with E-state index >= 15 is 0 Å². The predicted octanol–water partition coefficient (Wildman–Crippen LogP) is 2.40. The summed E-state index contributed by atoms with van der Waals surface area (Å²) in [5.41, 5.74) is 1.02. The Balaban J connectivity index is 2.17. The van der Waals surface area contributed by atoms with E-state index in [2.05, 4.69) is 30.8 Å². The molecule has 120 valence electrons. The first kappa shape index (κ1) is 16.5. The van der Waals surface area contributed by atoms with Crippen molar-refractivity contribution in [2.75, 3.05) is 6.54 Å². The van der Waals surface area contributed by atoms with Crippen molar-refractivity contribution in [3.05, 3.63) is 18.0 Å². The molecule has 21 heavy (non-hydrogen) atoms. The third-order valence-electron chi connectivity index (χ3n) is 3.93. The second-order valence-corrected chi connectivity index (χ2v) is 7.81. The van der Waals surface area contributed by atoms with Crippen molar-refractivity contribution < 1.29 is 8.42 Å². The molecule has 0 unspecified atom stereocenters. The van der Waals surface area contributed by atoms with Crippen LogP contribution in [0.3, 0.4) is 0 Å². The summed E-state index contributed by atoms with van der Waals surface area (Å²) in [5.74, 6) is 0. The van der Waals surface area contributed by atoms with E-state index in [-0.39, 0.29) is 12.1 Å². The van der Waals surface area contributed by atoms with Crippen molar-refractivity contribution in [1.82, 2.24) is 14.6 Å². The molecule has 1 aromatic rings. The minimum Gasteiger partial charge on any atom is -0.346 e. The van der Waals surface area contributed by atoms with Crippen molar-refractivity contribution in [2.24, 2.45) is 0 Å². The Morgan fingerprint density at radius 1 is 1.38 bits per heavy atom. The third-order valence-corrected chi connectivity index (χ3v) is 5.42. The fraction of sp³-hybridized carbons (Fsp3) is 0.733. The van der Waals surface area contributed by atoms with Crippen LogP contribution in [0.25, 0.3) is 0 Å². The van der Waals surface area contributed by atoms with Gasteiger partial charge in [0, 0.05) is 30.5 Å². The van der Waals surface area contributed by atoms with E-state index in [0.717, 1.165) is 37.9 Å². The molecule has 5 nitrogen and oxygen atoms in total. The largest absolute Gasteiger partial charge is 0.346 e. The lowest BCUT2D eigenvalue weighted by molar-refractivity contribution is 0.383. The topological polar surface area (TPSA) is 63.1 Å². The molecule has 0 spiro atoms. The van der Waals surface area contributed by atoms with Gasteiger partial charge in [-0.3, -0.25) is 0 Å². The minimum atomic E-state index is -3.38. The molecule has 2 rings (SSSR count). The molecule has 1 aliphatic carbocycles. The molecular formula is C15H27N3O2S. The van der Waals surface area contributed by atoms with Crippen LogP contribution in [0.5, 0.6) is 0 Å². The monoisotopic (exact) mass is 313 g/mol. The molecule has 1 aromatic heterocycles. The zero-order valence-electron chi connectivity index (χ0n) is 13.2. The van der Waals surface area contributed by atoms with E-state index in [1.54, 1.807) is 12.3 Å². The van der Waals surface area contributed by atoms with Crippen molar-refractivity contribution in [3.63, 3.8) is 0 Å². The summed E-state index contributed by atoms with van der Waals surface area (Å²) in [6.45, 7) is 7.89. The van der Waals surface area contributed by atoms with Crippen LogP contribution in [0, 0.1) is 0 Å². The first-order valence-electron chi connectivity index (χ1n) is 7.88. The number of hydrogen-bond donors (Lipinski definition) is 2. The Bertz CT molecular complexity index is 559. The molecule has 2 N–H and O–H groups in total. The fourth-order valence-corrected chi connectivity index (χ4v) is 3.83. The van der Waals surface area contributed by atoms with Crippen LogP contribution in [0.4, 0.5) is 0 Å². The van der Waals surface area contributed by atoms with Gasteiger partial charge in [-0.1, -0.05) is 13.3 Å². The average Bonchev–Trinajstić information content (AvgIpc) is 2.80. The quantitative estimate of drug-likeness (QED) is 0.724. The van der Waals surface area contributed by atoms with Crippen molar-refractivity contribution in [3.8, 4) is 0 Å². The lowest BCUT2D eigenvalue weighted by atomic mass is 9.94. The molecule has 1 saturated carbocycles. The molecule has 0 atom stereocenters. The zero-order chi connectivity index (χ0) is 15.5. The first-order chi connectivity index (χ1) is 9.94. The predicted molar refractivity (Wildman–Crippen MR) is 84.8 cm³/mol. The van der Waals surface area contributed by atoms with Gasteiger partial charge in [0.25, 0.3) is 0 Å². The van der Waals surface area contributed by atoms with Crippen LogP contribution >= 0.6 is 0 Å². The van der Waals surface area contributed by atoms with E-state index in [1.807, 2.05) is 4.57 Å². The maximum absolute atomic E-state index is 12.4. The first-order valence-corrected chi connectivity index (χ1v) is 9.36. The van der Waals surface area contributed by atoms with Gasteiger partial charge in [-0.2, -0.15) is 0 Å². The number of nitrogens with zero attached hydrogens (tertiary/aromatic N) is 1. The molecule has 0 amide bonds. The van der Waals surface area contributed by atoms with E-state index in [0.29, 0.717) is 11.4 Å². The molecule has 1 aliphatic rings. The molecule has 0 aromatic carbocycles. The van der Waals surface area contributed by atoms with Gasteiger partial charge in [0.05, 0.1) is 4.90 Å². The van der Waals surface area contributed by atoms with E-state index in [9.17, 15) is 8.42 Å². The number of hydrogen-bond acceptors (Lipinski definition) is 3. The van der Waals surface area contributed by atoms with Gasteiger partial charge in [0.15, 0.2) is 0 Å². The highest BCUT2D eigenvalue weighted by Crippen LogP contribution is 2.23. The van der Waals surface area contributed by atoms with Crippen LogP contribution in [0.1, 0.15) is 58.2 Å². The minimum absolute atomic E-state index is 0.124. The Labute approximate surface area is 128 Å². The Morgan fingerprint density at radius 2 is 2.10 bits per heavy atom. The third kappa shape index (κ3) is 4.08. The van der Waals surface area contributed by atoms with Gasteiger partial charge in [0.1, 0.15) is 0 Å². The maximum atomic E-state index is 12.4. The molecule has 0 aliphatic heterocycles. The highest BCUT2D eigenvalue weighted by molar-refractivity contribution is 7.89. The number of sulfonamides is 1. The molecule has 1 fully saturated rings. The standard InChI is InChI=1S/C15H27N3O2S/c1-4-8-16-10-14-9-15(11-18(14)12(2)3)21(19,20)17-13-6-5-7-13/h9,11-13,16-17H,4-8,10H2,1-3H3. The van der Waals surface area contributed by atoms with Crippen molar-refractivity contribution in [2.45, 2.75) is 70.0 Å². The van der Waals surface area contributed by atoms with Gasteiger partial charge in [0.2, 0.25) is 10.0 Å². The van der Waals surface area contributed by atoms with Gasteiger partial charge < -0.3 is 9.88 Å². The van der Waals surface area contributed by atoms with Crippen LogP contribution in [-0.4, -0.2) is 25.6 Å². The lowest BCUT2D eigenvalue weighted by Gasteiger charge is -2.25. The van der Waals surface area contributed by atoms with E-state index in [4.69, 9.17) is 0 Å². The molecule has 6 heteroatoms. The smallest absolute Gasteiger partial charge is 0.242 e. The van der Waals surface area contributed by atoms with Gasteiger partial charge in [-0.15, -0.1) is 0 Å². The summed E-state index contributed by atoms with van der Waals surface area (Å²) < 4.78 is 29.7. The van der Waals surface area contributed by atoms with Crippen molar-refractivity contribution >= 4 is 10.0 Å². The summed E-state index contributed by atoms with van der Waals surface area (Å²) in [7, 11) is -3.38. The normalized spacial score (nSPS) is 16.4. The zero-order valence-corrected chi connectivity index (χ0v) is 14.0. The molecular weight excluding hydrogens is 286 g/mol. The van der Waals surface area contributed by atoms with E-state index in [1.165, 1.54) is 0 Å². The van der Waals surface area contributed by atoms with Gasteiger partial charge in [-0.05, 0) is 45.7 Å². The second kappa shape index (κ2) is 6.94. The Hall–Kier alpha value is -0.850. The lowest BCUT2D eigenvalue weighted by Crippen LogP contribution is -2.39. The van der Waals surface area contributed by atoms with Gasteiger partial charge >= 0.3 is 0 Å². The van der Waals surface area contributed by atoms with Crippen molar-refractivity contribution in [1.29, 1.82) is 0 Å². The average molecular weight is 313 g/mol. The SMILES string of the molecule is CCCNCc1cc(S(=O)(=O)NC2CCC2)cn1C(C)C. The van der Waals surface area contributed by atoms with Crippen LogP contribution in [0.15, 0.2) is 17.2 Å². The Kier molecular flexibility index (Phi) is 5.46. The van der Waals surface area contributed by atoms with Crippen LogP contribution < -0.4 is 10.0 Å². The molecule has 0 saturated heterocycles. The molecule has 0 bridgehead atoms. The van der Waals surface area contributed by atoms with Crippen LogP contribution in [0.2, 0.25) is 0 Å². The fourth-order valence-electron chi connectivity index (χ4n) is 2.47. The molecule has 1 heterocycles. The summed E-state index contributed by atoms with van der Waals surface area (Å²) in [5, 5.41) is 3.34. The van der Waals surface area contributed by atoms with E-state index < -0.39 is 10.0 Å². The summed E-state index contributed by atoms with van der Waals surface area (Å²) in [6.07, 6.45) is 5.85. The number of aromatic nitrogens is 1. The highest BCUT2D eigenvalue weighted by Gasteiger charge is 2.26.